The Morgan fingerprint density at radius 3 is 2.52 bits per heavy atom. The number of oxime groups is 1. The van der Waals surface area contributed by atoms with Gasteiger partial charge in [-0.3, -0.25) is 9.59 Å². The largest absolute Gasteiger partial charge is 0.411 e. The molecular weight excluding hydrogens is 310 g/mol. The lowest BCUT2D eigenvalue weighted by Gasteiger charge is -2.05. The second-order valence-corrected chi connectivity index (χ2v) is 6.42. The van der Waals surface area contributed by atoms with E-state index in [1.807, 2.05) is 43.3 Å². The Kier molecular flexibility index (Phi) is 4.30. The Hall–Kier alpha value is -2.40. The molecule has 0 fully saturated rings. The number of Topliss-reactive ketones (excluding diaryl/α,β-unsaturated/α-hetero) is 2. The van der Waals surface area contributed by atoms with E-state index in [2.05, 4.69) is 5.16 Å². The minimum absolute atomic E-state index is 0.133. The van der Waals surface area contributed by atoms with Crippen LogP contribution < -0.4 is 0 Å². The maximum atomic E-state index is 11.9. The molecule has 0 atom stereocenters. The van der Waals surface area contributed by atoms with Crippen molar-refractivity contribution in [3.63, 3.8) is 0 Å². The summed E-state index contributed by atoms with van der Waals surface area (Å²) in [6.07, 6.45) is 0.864. The van der Waals surface area contributed by atoms with Crippen molar-refractivity contribution in [3.8, 4) is 0 Å². The van der Waals surface area contributed by atoms with Gasteiger partial charge in [-0.1, -0.05) is 36.0 Å². The molecule has 1 aliphatic carbocycles. The van der Waals surface area contributed by atoms with Gasteiger partial charge in [-0.2, -0.15) is 0 Å². The third kappa shape index (κ3) is 3.05. The van der Waals surface area contributed by atoms with Gasteiger partial charge in [0.15, 0.2) is 5.78 Å². The number of hydrogen-bond acceptors (Lipinski definition) is 5. The fourth-order valence-corrected chi connectivity index (χ4v) is 3.43. The number of hydrogen-bond donors (Lipinski definition) is 1. The van der Waals surface area contributed by atoms with Gasteiger partial charge in [-0.25, -0.2) is 0 Å². The number of carbonyl (C=O) groups is 2. The molecule has 1 aliphatic rings. The van der Waals surface area contributed by atoms with Crippen molar-refractivity contribution in [1.82, 2.24) is 0 Å². The highest BCUT2D eigenvalue weighted by atomic mass is 32.2. The van der Waals surface area contributed by atoms with E-state index in [-0.39, 0.29) is 17.3 Å². The molecule has 0 aliphatic heterocycles. The summed E-state index contributed by atoms with van der Waals surface area (Å²) in [5.41, 5.74) is 2.39. The van der Waals surface area contributed by atoms with Gasteiger partial charge in [0.2, 0.25) is 5.78 Å². The Morgan fingerprint density at radius 1 is 1.17 bits per heavy atom. The number of carbonyl (C=O) groups excluding carboxylic acids is 2. The van der Waals surface area contributed by atoms with Crippen LogP contribution in [0.2, 0.25) is 0 Å². The quantitative estimate of drug-likeness (QED) is 0.524. The number of rotatable bonds is 4. The molecule has 5 heteroatoms. The van der Waals surface area contributed by atoms with Crippen LogP contribution in [0.25, 0.3) is 0 Å². The second kappa shape index (κ2) is 6.38. The first-order valence-corrected chi connectivity index (χ1v) is 8.13. The zero-order valence-electron chi connectivity index (χ0n) is 12.6. The number of ketones is 2. The van der Waals surface area contributed by atoms with Crippen LogP contribution in [0.5, 0.6) is 0 Å². The van der Waals surface area contributed by atoms with E-state index in [1.165, 1.54) is 0 Å². The molecule has 2 aromatic carbocycles. The smallest absolute Gasteiger partial charge is 0.211 e. The van der Waals surface area contributed by atoms with Gasteiger partial charge < -0.3 is 5.21 Å². The van der Waals surface area contributed by atoms with Crippen molar-refractivity contribution < 1.29 is 14.8 Å². The molecule has 0 aromatic heterocycles. The molecule has 0 saturated heterocycles. The molecule has 0 bridgehead atoms. The number of nitrogens with zero attached hydrogens (tertiary/aromatic N) is 1. The lowest BCUT2D eigenvalue weighted by atomic mass is 10.1. The molecule has 0 saturated carbocycles. The first-order chi connectivity index (χ1) is 11.1. The van der Waals surface area contributed by atoms with Crippen molar-refractivity contribution in [2.24, 2.45) is 5.16 Å². The van der Waals surface area contributed by atoms with Crippen LogP contribution >= 0.6 is 11.8 Å². The summed E-state index contributed by atoms with van der Waals surface area (Å²) in [7, 11) is 0. The van der Waals surface area contributed by atoms with Gasteiger partial charge >= 0.3 is 0 Å². The van der Waals surface area contributed by atoms with Crippen molar-refractivity contribution in [2.45, 2.75) is 29.6 Å². The van der Waals surface area contributed by atoms with E-state index >= 15 is 0 Å². The first-order valence-electron chi connectivity index (χ1n) is 7.32. The lowest BCUT2D eigenvalue weighted by molar-refractivity contribution is 0.0987. The summed E-state index contributed by atoms with van der Waals surface area (Å²) < 4.78 is 0. The molecule has 0 unspecified atom stereocenters. The minimum Gasteiger partial charge on any atom is -0.411 e. The standard InChI is InChI=1S/C18H15NO3S/c1-2-17(20)11-3-5-13(6-4-11)23-14-7-8-15-12(9-14)10-16(19-22)18(15)21/h3-9,22H,2,10H2,1H3/b19-16-. The van der Waals surface area contributed by atoms with Crippen LogP contribution in [0.3, 0.4) is 0 Å². The topological polar surface area (TPSA) is 66.7 Å². The van der Waals surface area contributed by atoms with Crippen LogP contribution in [0, 0.1) is 0 Å². The van der Waals surface area contributed by atoms with Gasteiger partial charge in [0, 0.05) is 33.8 Å². The lowest BCUT2D eigenvalue weighted by Crippen LogP contribution is -2.06. The zero-order chi connectivity index (χ0) is 16.4. The Morgan fingerprint density at radius 2 is 1.87 bits per heavy atom. The molecule has 0 spiro atoms. The van der Waals surface area contributed by atoms with Crippen LogP contribution in [-0.4, -0.2) is 22.5 Å². The molecule has 3 rings (SSSR count). The summed E-state index contributed by atoms with van der Waals surface area (Å²) in [5.74, 6) is -0.0742. The Labute approximate surface area is 138 Å². The van der Waals surface area contributed by atoms with E-state index in [0.29, 0.717) is 18.4 Å². The zero-order valence-corrected chi connectivity index (χ0v) is 13.4. The van der Waals surface area contributed by atoms with E-state index in [0.717, 1.165) is 20.9 Å². The molecular formula is C18H15NO3S. The molecule has 0 amide bonds. The van der Waals surface area contributed by atoms with Gasteiger partial charge in [0.25, 0.3) is 0 Å². The fraction of sp³-hybridized carbons (Fsp3) is 0.167. The highest BCUT2D eigenvalue weighted by Gasteiger charge is 2.27. The maximum absolute atomic E-state index is 11.9. The van der Waals surface area contributed by atoms with Crippen LogP contribution in [0.4, 0.5) is 0 Å². The summed E-state index contributed by atoms with van der Waals surface area (Å²) in [6.45, 7) is 1.85. The van der Waals surface area contributed by atoms with Crippen molar-refractivity contribution >= 4 is 29.0 Å². The summed E-state index contributed by atoms with van der Waals surface area (Å²) in [5, 5.41) is 11.9. The van der Waals surface area contributed by atoms with Gasteiger partial charge in [0.05, 0.1) is 0 Å². The normalized spacial score (nSPS) is 15.0. The number of fused-ring (bicyclic) bond motifs is 1. The van der Waals surface area contributed by atoms with Gasteiger partial charge in [0.1, 0.15) is 5.71 Å². The van der Waals surface area contributed by atoms with Crippen molar-refractivity contribution in [2.75, 3.05) is 0 Å². The summed E-state index contributed by atoms with van der Waals surface area (Å²) >= 11 is 1.57. The predicted molar refractivity (Wildman–Crippen MR) is 88.9 cm³/mol. The molecule has 116 valence electrons. The van der Waals surface area contributed by atoms with E-state index in [9.17, 15) is 9.59 Å². The van der Waals surface area contributed by atoms with Crippen LogP contribution in [0.1, 0.15) is 39.6 Å². The van der Waals surface area contributed by atoms with Gasteiger partial charge in [-0.15, -0.1) is 0 Å². The van der Waals surface area contributed by atoms with Crippen molar-refractivity contribution in [1.29, 1.82) is 0 Å². The average Bonchev–Trinajstić information content (AvgIpc) is 2.90. The molecule has 1 N–H and O–H groups in total. The Bertz CT molecular complexity index is 810. The fourth-order valence-electron chi connectivity index (χ4n) is 2.55. The number of benzene rings is 2. The molecule has 0 radical (unpaired) electrons. The third-order valence-corrected chi connectivity index (χ3v) is 4.79. The highest BCUT2D eigenvalue weighted by molar-refractivity contribution is 7.99. The van der Waals surface area contributed by atoms with Crippen molar-refractivity contribution in [3.05, 3.63) is 59.2 Å². The average molecular weight is 325 g/mol. The van der Waals surface area contributed by atoms with Crippen LogP contribution in [0.15, 0.2) is 57.4 Å². The minimum atomic E-state index is -0.207. The second-order valence-electron chi connectivity index (χ2n) is 5.27. The van der Waals surface area contributed by atoms with Crippen LogP contribution in [-0.2, 0) is 6.42 Å². The Balaban J connectivity index is 1.80. The molecule has 4 nitrogen and oxygen atoms in total. The molecule has 0 heterocycles. The first kappa shape index (κ1) is 15.5. The third-order valence-electron chi connectivity index (χ3n) is 3.80. The molecule has 23 heavy (non-hydrogen) atoms. The molecule has 2 aromatic rings. The summed E-state index contributed by atoms with van der Waals surface area (Å²) in [6, 6.07) is 13.1. The van der Waals surface area contributed by atoms with E-state index in [4.69, 9.17) is 5.21 Å². The van der Waals surface area contributed by atoms with Gasteiger partial charge in [-0.05, 0) is 35.9 Å². The maximum Gasteiger partial charge on any atom is 0.211 e. The SMILES string of the molecule is CCC(=O)c1ccc(Sc2ccc3c(c2)C/C(=N/O)C3=O)cc1. The highest BCUT2D eigenvalue weighted by Crippen LogP contribution is 2.31. The summed E-state index contributed by atoms with van der Waals surface area (Å²) in [4.78, 5) is 25.6. The van der Waals surface area contributed by atoms with E-state index < -0.39 is 0 Å². The predicted octanol–water partition coefficient (Wildman–Crippen LogP) is 4.00. The monoisotopic (exact) mass is 325 g/mol. The van der Waals surface area contributed by atoms with E-state index in [1.54, 1.807) is 17.8 Å².